The molecule has 1 saturated carbocycles. The van der Waals surface area contributed by atoms with Crippen LogP contribution in [0.25, 0.3) is 0 Å². The van der Waals surface area contributed by atoms with E-state index in [4.69, 9.17) is 5.73 Å². The zero-order valence-electron chi connectivity index (χ0n) is 9.38. The van der Waals surface area contributed by atoms with Crippen LogP contribution in [-0.4, -0.2) is 11.8 Å². The Balaban J connectivity index is 0.00000169. The predicted molar refractivity (Wildman–Crippen MR) is 61.6 cm³/mol. The molecule has 0 amide bonds. The highest BCUT2D eigenvalue weighted by atomic mass is 35.5. The van der Waals surface area contributed by atoms with Crippen LogP contribution in [0, 0.1) is 11.3 Å². The molecule has 0 saturated heterocycles. The molecule has 0 aromatic carbocycles. The van der Waals surface area contributed by atoms with E-state index in [9.17, 15) is 4.79 Å². The van der Waals surface area contributed by atoms with E-state index in [0.29, 0.717) is 0 Å². The summed E-state index contributed by atoms with van der Waals surface area (Å²) in [5, 5.41) is 0. The molecule has 0 aliphatic heterocycles. The van der Waals surface area contributed by atoms with E-state index < -0.39 is 0 Å². The van der Waals surface area contributed by atoms with Gasteiger partial charge in [-0.15, -0.1) is 12.4 Å². The monoisotopic (exact) mass is 219 g/mol. The van der Waals surface area contributed by atoms with Crippen LogP contribution in [-0.2, 0) is 4.79 Å². The first-order chi connectivity index (χ1) is 5.93. The van der Waals surface area contributed by atoms with Crippen molar-refractivity contribution in [2.75, 3.05) is 0 Å². The Morgan fingerprint density at radius 3 is 2.07 bits per heavy atom. The van der Waals surface area contributed by atoms with Crippen LogP contribution in [0.3, 0.4) is 0 Å². The minimum atomic E-state index is -0.282. The average molecular weight is 220 g/mol. The second-order valence-electron chi connectivity index (χ2n) is 5.23. The van der Waals surface area contributed by atoms with Crippen LogP contribution in [0.1, 0.15) is 46.5 Å². The third kappa shape index (κ3) is 3.25. The van der Waals surface area contributed by atoms with Gasteiger partial charge in [-0.1, -0.05) is 33.6 Å². The van der Waals surface area contributed by atoms with Gasteiger partial charge in [0, 0.05) is 5.92 Å². The molecule has 0 aromatic heterocycles. The average Bonchev–Trinajstić information content (AvgIpc) is 2.51. The van der Waals surface area contributed by atoms with Crippen LogP contribution in [0.15, 0.2) is 0 Å². The smallest absolute Gasteiger partial charge is 0.153 e. The minimum Gasteiger partial charge on any atom is -0.321 e. The zero-order chi connectivity index (χ0) is 10.1. The zero-order valence-corrected chi connectivity index (χ0v) is 10.2. The number of rotatable bonds is 2. The highest BCUT2D eigenvalue weighted by molar-refractivity contribution is 5.87. The van der Waals surface area contributed by atoms with E-state index in [1.807, 2.05) is 20.8 Å². The van der Waals surface area contributed by atoms with Crippen molar-refractivity contribution in [2.24, 2.45) is 17.1 Å². The fourth-order valence-electron chi connectivity index (χ4n) is 1.89. The second-order valence-corrected chi connectivity index (χ2v) is 5.23. The third-order valence-electron chi connectivity index (χ3n) is 3.00. The maximum atomic E-state index is 11.9. The van der Waals surface area contributed by atoms with Gasteiger partial charge in [0.15, 0.2) is 5.78 Å². The number of hydrogen-bond acceptors (Lipinski definition) is 2. The van der Waals surface area contributed by atoms with Crippen molar-refractivity contribution in [3.05, 3.63) is 0 Å². The number of carbonyl (C=O) groups is 1. The van der Waals surface area contributed by atoms with Crippen LogP contribution in [0.2, 0.25) is 0 Å². The van der Waals surface area contributed by atoms with Crippen LogP contribution in [0.4, 0.5) is 0 Å². The quantitative estimate of drug-likeness (QED) is 0.776. The molecule has 1 rings (SSSR count). The number of nitrogens with two attached hydrogens (primary N) is 1. The Hall–Kier alpha value is -0.0800. The number of hydrogen-bond donors (Lipinski definition) is 1. The first-order valence-corrected chi connectivity index (χ1v) is 5.22. The summed E-state index contributed by atoms with van der Waals surface area (Å²) in [4.78, 5) is 11.9. The van der Waals surface area contributed by atoms with Gasteiger partial charge in [-0.3, -0.25) is 4.79 Å². The molecule has 1 aliphatic rings. The molecule has 0 heterocycles. The van der Waals surface area contributed by atoms with Crippen molar-refractivity contribution in [2.45, 2.75) is 52.5 Å². The summed E-state index contributed by atoms with van der Waals surface area (Å²) >= 11 is 0. The Labute approximate surface area is 93.0 Å². The standard InChI is InChI=1S/C11H21NO.ClH/c1-11(2,3)10(12)9(13)8-6-4-5-7-8;/h8,10H,4-7,12H2,1-3H3;1H. The van der Waals surface area contributed by atoms with Gasteiger partial charge in [0.2, 0.25) is 0 Å². The van der Waals surface area contributed by atoms with Gasteiger partial charge < -0.3 is 5.73 Å². The van der Waals surface area contributed by atoms with E-state index in [1.165, 1.54) is 12.8 Å². The molecule has 14 heavy (non-hydrogen) atoms. The van der Waals surface area contributed by atoms with Crippen molar-refractivity contribution in [3.8, 4) is 0 Å². The molecule has 1 atom stereocenters. The predicted octanol–water partition coefficient (Wildman–Crippen LogP) is 2.54. The molecule has 0 radical (unpaired) electrons. The van der Waals surface area contributed by atoms with E-state index in [1.54, 1.807) is 0 Å². The van der Waals surface area contributed by atoms with Crippen LogP contribution in [0.5, 0.6) is 0 Å². The molecule has 0 aromatic rings. The summed E-state index contributed by atoms with van der Waals surface area (Å²) in [6.07, 6.45) is 4.52. The van der Waals surface area contributed by atoms with Crippen molar-refractivity contribution >= 4 is 18.2 Å². The highest BCUT2D eigenvalue weighted by Gasteiger charge is 2.33. The molecule has 84 valence electrons. The van der Waals surface area contributed by atoms with Gasteiger partial charge in [-0.25, -0.2) is 0 Å². The maximum Gasteiger partial charge on any atom is 0.153 e. The fourth-order valence-corrected chi connectivity index (χ4v) is 1.89. The Morgan fingerprint density at radius 1 is 1.29 bits per heavy atom. The Morgan fingerprint density at radius 2 is 1.71 bits per heavy atom. The molecule has 1 aliphatic carbocycles. The van der Waals surface area contributed by atoms with Crippen molar-refractivity contribution in [3.63, 3.8) is 0 Å². The van der Waals surface area contributed by atoms with Crippen molar-refractivity contribution in [1.82, 2.24) is 0 Å². The SMILES string of the molecule is CC(C)(C)C(N)C(=O)C1CCCC1.Cl. The van der Waals surface area contributed by atoms with E-state index in [2.05, 4.69) is 0 Å². The lowest BCUT2D eigenvalue weighted by atomic mass is 9.80. The van der Waals surface area contributed by atoms with E-state index >= 15 is 0 Å². The lowest BCUT2D eigenvalue weighted by Gasteiger charge is -2.27. The summed E-state index contributed by atoms with van der Waals surface area (Å²) in [7, 11) is 0. The Kier molecular flexibility index (Phi) is 5.10. The molecule has 0 bridgehead atoms. The molecule has 3 heteroatoms. The maximum absolute atomic E-state index is 11.9. The molecule has 2 nitrogen and oxygen atoms in total. The number of halogens is 1. The van der Waals surface area contributed by atoms with Crippen molar-refractivity contribution in [1.29, 1.82) is 0 Å². The summed E-state index contributed by atoms with van der Waals surface area (Å²) in [5.41, 5.74) is 5.84. The molecule has 1 unspecified atom stereocenters. The van der Waals surface area contributed by atoms with Gasteiger partial charge in [-0.2, -0.15) is 0 Å². The first-order valence-electron chi connectivity index (χ1n) is 5.22. The number of Topliss-reactive ketones (excluding diaryl/α,β-unsaturated/α-hetero) is 1. The molecular weight excluding hydrogens is 198 g/mol. The van der Waals surface area contributed by atoms with Crippen LogP contribution >= 0.6 is 12.4 Å². The Bertz CT molecular complexity index is 192. The lowest BCUT2D eigenvalue weighted by molar-refractivity contribution is -0.126. The van der Waals surface area contributed by atoms with E-state index in [0.717, 1.165) is 12.8 Å². The topological polar surface area (TPSA) is 43.1 Å². The largest absolute Gasteiger partial charge is 0.321 e. The number of carbonyl (C=O) groups excluding carboxylic acids is 1. The summed E-state index contributed by atoms with van der Waals surface area (Å²) in [6.45, 7) is 6.10. The molecule has 2 N–H and O–H groups in total. The van der Waals surface area contributed by atoms with Gasteiger partial charge in [0.1, 0.15) is 0 Å². The minimum absolute atomic E-state index is 0. The normalized spacial score (nSPS) is 20.3. The van der Waals surface area contributed by atoms with Crippen LogP contribution < -0.4 is 5.73 Å². The number of ketones is 1. The molecular formula is C11H22ClNO. The van der Waals surface area contributed by atoms with Gasteiger partial charge >= 0.3 is 0 Å². The molecule has 0 spiro atoms. The molecule has 1 fully saturated rings. The van der Waals surface area contributed by atoms with Gasteiger partial charge in [0.25, 0.3) is 0 Å². The first kappa shape index (κ1) is 13.9. The van der Waals surface area contributed by atoms with Crippen molar-refractivity contribution < 1.29 is 4.79 Å². The second kappa shape index (κ2) is 5.13. The fraction of sp³-hybridized carbons (Fsp3) is 0.909. The van der Waals surface area contributed by atoms with E-state index in [-0.39, 0.29) is 35.6 Å². The lowest BCUT2D eigenvalue weighted by Crippen LogP contribution is -2.44. The summed E-state index contributed by atoms with van der Waals surface area (Å²) < 4.78 is 0. The third-order valence-corrected chi connectivity index (χ3v) is 3.00. The highest BCUT2D eigenvalue weighted by Crippen LogP contribution is 2.29. The summed E-state index contributed by atoms with van der Waals surface area (Å²) in [6, 6.07) is -0.282. The van der Waals surface area contributed by atoms with Gasteiger partial charge in [-0.05, 0) is 18.3 Å². The van der Waals surface area contributed by atoms with Gasteiger partial charge in [0.05, 0.1) is 6.04 Å². The summed E-state index contributed by atoms with van der Waals surface area (Å²) in [5.74, 6) is 0.541.